The average molecular weight is 240 g/mol. The first-order valence-corrected chi connectivity index (χ1v) is 6.30. The van der Waals surface area contributed by atoms with Crippen molar-refractivity contribution < 1.29 is 4.92 Å². The van der Waals surface area contributed by atoms with Crippen LogP contribution in [0.25, 0.3) is 0 Å². The lowest BCUT2D eigenvalue weighted by atomic mass is 10.2. The summed E-state index contributed by atoms with van der Waals surface area (Å²) in [7, 11) is 0. The summed E-state index contributed by atoms with van der Waals surface area (Å²) in [5.74, 6) is 2.27. The molecular weight excluding hydrogens is 224 g/mol. The van der Waals surface area contributed by atoms with E-state index in [0.717, 1.165) is 17.1 Å². The zero-order valence-electron chi connectivity index (χ0n) is 9.26. The van der Waals surface area contributed by atoms with Gasteiger partial charge in [-0.1, -0.05) is 19.1 Å². The van der Waals surface area contributed by atoms with Crippen molar-refractivity contribution in [2.75, 3.05) is 12.3 Å². The van der Waals surface area contributed by atoms with Gasteiger partial charge in [0.25, 0.3) is 5.69 Å². The minimum absolute atomic E-state index is 0.157. The third-order valence-electron chi connectivity index (χ3n) is 2.19. The van der Waals surface area contributed by atoms with E-state index in [-0.39, 0.29) is 10.6 Å². The van der Waals surface area contributed by atoms with E-state index in [1.807, 2.05) is 6.07 Å². The molecule has 0 saturated heterocycles. The number of hydrogen-bond donors (Lipinski definition) is 1. The zero-order valence-corrected chi connectivity index (χ0v) is 10.1. The summed E-state index contributed by atoms with van der Waals surface area (Å²) in [5.41, 5.74) is 6.66. The average Bonchev–Trinajstić information content (AvgIpc) is 2.29. The van der Waals surface area contributed by atoms with Crippen LogP contribution in [0.15, 0.2) is 24.3 Å². The van der Waals surface area contributed by atoms with Gasteiger partial charge in [-0.15, -0.1) is 0 Å². The molecule has 0 spiro atoms. The second-order valence-electron chi connectivity index (χ2n) is 3.78. The van der Waals surface area contributed by atoms with Gasteiger partial charge in [0.1, 0.15) is 0 Å². The van der Waals surface area contributed by atoms with E-state index >= 15 is 0 Å². The van der Waals surface area contributed by atoms with Crippen LogP contribution in [-0.2, 0) is 5.75 Å². The molecule has 5 heteroatoms. The maximum Gasteiger partial charge on any atom is 0.269 e. The molecule has 0 heterocycles. The van der Waals surface area contributed by atoms with E-state index in [1.54, 1.807) is 23.9 Å². The van der Waals surface area contributed by atoms with Crippen LogP contribution in [0.2, 0.25) is 0 Å². The summed E-state index contributed by atoms with van der Waals surface area (Å²) in [6.07, 6.45) is 0. The molecule has 0 saturated carbocycles. The van der Waals surface area contributed by atoms with Crippen molar-refractivity contribution in [3.63, 3.8) is 0 Å². The van der Waals surface area contributed by atoms with E-state index in [2.05, 4.69) is 6.92 Å². The molecular formula is C11H16N2O2S. The van der Waals surface area contributed by atoms with Gasteiger partial charge in [0.2, 0.25) is 0 Å². The van der Waals surface area contributed by atoms with Gasteiger partial charge in [0.15, 0.2) is 0 Å². The van der Waals surface area contributed by atoms with E-state index < -0.39 is 0 Å². The van der Waals surface area contributed by atoms with Crippen molar-refractivity contribution in [3.8, 4) is 0 Å². The number of thioether (sulfide) groups is 1. The lowest BCUT2D eigenvalue weighted by molar-refractivity contribution is -0.384. The SMILES string of the molecule is CC(CN)CSCc1cccc([N+](=O)[O-])c1. The Morgan fingerprint density at radius 3 is 2.94 bits per heavy atom. The largest absolute Gasteiger partial charge is 0.330 e. The van der Waals surface area contributed by atoms with Crippen LogP contribution in [-0.4, -0.2) is 17.2 Å². The quantitative estimate of drug-likeness (QED) is 0.612. The van der Waals surface area contributed by atoms with Gasteiger partial charge >= 0.3 is 0 Å². The van der Waals surface area contributed by atoms with Gasteiger partial charge in [-0.3, -0.25) is 10.1 Å². The lowest BCUT2D eigenvalue weighted by Gasteiger charge is -2.07. The zero-order chi connectivity index (χ0) is 12.0. The molecule has 1 atom stereocenters. The topological polar surface area (TPSA) is 69.2 Å². The van der Waals surface area contributed by atoms with Crippen LogP contribution < -0.4 is 5.73 Å². The van der Waals surface area contributed by atoms with Crippen molar-refractivity contribution in [2.24, 2.45) is 11.7 Å². The van der Waals surface area contributed by atoms with E-state index in [4.69, 9.17) is 5.73 Å². The highest BCUT2D eigenvalue weighted by atomic mass is 32.2. The third-order valence-corrected chi connectivity index (χ3v) is 3.54. The summed E-state index contributed by atoms with van der Waals surface area (Å²) in [6.45, 7) is 2.78. The molecule has 1 rings (SSSR count). The molecule has 0 amide bonds. The Morgan fingerprint density at radius 1 is 1.56 bits per heavy atom. The van der Waals surface area contributed by atoms with Gasteiger partial charge in [0.05, 0.1) is 4.92 Å². The molecule has 0 fully saturated rings. The van der Waals surface area contributed by atoms with Crippen LogP contribution in [0.4, 0.5) is 5.69 Å². The molecule has 0 aliphatic carbocycles. The fraction of sp³-hybridized carbons (Fsp3) is 0.455. The van der Waals surface area contributed by atoms with Crippen LogP contribution >= 0.6 is 11.8 Å². The number of nitrogens with two attached hydrogens (primary N) is 1. The Labute approximate surface area is 99.4 Å². The molecule has 0 bridgehead atoms. The van der Waals surface area contributed by atoms with Gasteiger partial charge in [0, 0.05) is 17.9 Å². The summed E-state index contributed by atoms with van der Waals surface area (Å²) in [5, 5.41) is 10.6. The Morgan fingerprint density at radius 2 is 2.31 bits per heavy atom. The Balaban J connectivity index is 2.48. The standard InChI is InChI=1S/C11H16N2O2S/c1-9(6-12)7-16-8-10-3-2-4-11(5-10)13(14)15/h2-5,9H,6-8,12H2,1H3. The number of rotatable bonds is 6. The minimum Gasteiger partial charge on any atom is -0.330 e. The van der Waals surface area contributed by atoms with Crippen molar-refractivity contribution in [2.45, 2.75) is 12.7 Å². The number of hydrogen-bond acceptors (Lipinski definition) is 4. The highest BCUT2D eigenvalue weighted by molar-refractivity contribution is 7.98. The maximum atomic E-state index is 10.6. The number of nitro benzene ring substituents is 1. The van der Waals surface area contributed by atoms with Crippen LogP contribution in [0.1, 0.15) is 12.5 Å². The molecule has 88 valence electrons. The number of benzene rings is 1. The van der Waals surface area contributed by atoms with Crippen molar-refractivity contribution in [3.05, 3.63) is 39.9 Å². The second-order valence-corrected chi connectivity index (χ2v) is 4.81. The molecule has 1 aromatic carbocycles. The molecule has 0 radical (unpaired) electrons. The second kappa shape index (κ2) is 6.50. The fourth-order valence-electron chi connectivity index (χ4n) is 1.21. The van der Waals surface area contributed by atoms with Crippen molar-refractivity contribution in [1.82, 2.24) is 0 Å². The Hall–Kier alpha value is -1.07. The molecule has 4 nitrogen and oxygen atoms in total. The van der Waals surface area contributed by atoms with Crippen LogP contribution in [0.3, 0.4) is 0 Å². The highest BCUT2D eigenvalue weighted by Crippen LogP contribution is 2.19. The summed E-state index contributed by atoms with van der Waals surface area (Å²) in [4.78, 5) is 10.2. The van der Waals surface area contributed by atoms with E-state index in [0.29, 0.717) is 12.5 Å². The Bertz CT molecular complexity index is 358. The lowest BCUT2D eigenvalue weighted by Crippen LogP contribution is -2.12. The summed E-state index contributed by atoms with van der Waals surface area (Å²) in [6, 6.07) is 6.77. The van der Waals surface area contributed by atoms with Crippen molar-refractivity contribution >= 4 is 17.4 Å². The van der Waals surface area contributed by atoms with E-state index in [9.17, 15) is 10.1 Å². The van der Waals surface area contributed by atoms with Gasteiger partial charge in [-0.25, -0.2) is 0 Å². The minimum atomic E-state index is -0.364. The molecule has 16 heavy (non-hydrogen) atoms. The molecule has 1 unspecified atom stereocenters. The number of nitro groups is 1. The molecule has 0 aromatic heterocycles. The normalized spacial score (nSPS) is 12.4. The summed E-state index contributed by atoms with van der Waals surface area (Å²) >= 11 is 1.76. The number of non-ortho nitro benzene ring substituents is 1. The smallest absolute Gasteiger partial charge is 0.269 e. The molecule has 2 N–H and O–H groups in total. The number of nitrogens with zero attached hydrogens (tertiary/aromatic N) is 1. The van der Waals surface area contributed by atoms with Crippen LogP contribution in [0.5, 0.6) is 0 Å². The van der Waals surface area contributed by atoms with Gasteiger partial charge in [-0.2, -0.15) is 11.8 Å². The van der Waals surface area contributed by atoms with Gasteiger partial charge < -0.3 is 5.73 Å². The first-order valence-electron chi connectivity index (χ1n) is 5.14. The van der Waals surface area contributed by atoms with Gasteiger partial charge in [-0.05, 0) is 23.8 Å². The molecule has 1 aromatic rings. The fourth-order valence-corrected chi connectivity index (χ4v) is 2.28. The van der Waals surface area contributed by atoms with Crippen LogP contribution in [0, 0.1) is 16.0 Å². The third kappa shape index (κ3) is 4.20. The first-order chi connectivity index (χ1) is 7.63. The van der Waals surface area contributed by atoms with Crippen molar-refractivity contribution in [1.29, 1.82) is 0 Å². The predicted octanol–water partition coefficient (Wildman–Crippen LogP) is 2.42. The maximum absolute atomic E-state index is 10.6. The highest BCUT2D eigenvalue weighted by Gasteiger charge is 2.06. The molecule has 0 aliphatic rings. The predicted molar refractivity (Wildman–Crippen MR) is 67.5 cm³/mol. The summed E-state index contributed by atoms with van der Waals surface area (Å²) < 4.78 is 0. The monoisotopic (exact) mass is 240 g/mol. The Kier molecular flexibility index (Phi) is 5.28. The first kappa shape index (κ1) is 13.0. The van der Waals surface area contributed by atoms with E-state index in [1.165, 1.54) is 6.07 Å². The molecule has 0 aliphatic heterocycles.